The smallest absolute Gasteiger partial charge is 0.356 e. The minimum atomic E-state index is -0.405. The summed E-state index contributed by atoms with van der Waals surface area (Å²) < 4.78 is 11.2. The average molecular weight is 360 g/mol. The van der Waals surface area contributed by atoms with Gasteiger partial charge in [-0.25, -0.2) is 9.78 Å². The Morgan fingerprint density at radius 3 is 2.80 bits per heavy atom. The molecule has 0 spiro atoms. The Bertz CT molecular complexity index is 741. The molecule has 4 nitrogen and oxygen atoms in total. The van der Waals surface area contributed by atoms with E-state index in [2.05, 4.69) is 4.98 Å². The van der Waals surface area contributed by atoms with Crippen LogP contribution in [0.1, 0.15) is 54.4 Å². The number of hydrogen-bond acceptors (Lipinski definition) is 4. The van der Waals surface area contributed by atoms with Crippen molar-refractivity contribution >= 4 is 17.6 Å². The first-order chi connectivity index (χ1) is 12.2. The number of rotatable bonds is 6. The summed E-state index contributed by atoms with van der Waals surface area (Å²) in [5.41, 5.74) is 2.08. The first-order valence-corrected chi connectivity index (χ1v) is 9.11. The van der Waals surface area contributed by atoms with Gasteiger partial charge in [-0.15, -0.1) is 0 Å². The summed E-state index contributed by atoms with van der Waals surface area (Å²) in [4.78, 5) is 16.3. The van der Waals surface area contributed by atoms with E-state index >= 15 is 0 Å². The van der Waals surface area contributed by atoms with Gasteiger partial charge in [0.15, 0.2) is 0 Å². The number of pyridine rings is 1. The van der Waals surface area contributed by atoms with Crippen LogP contribution in [0.5, 0.6) is 5.75 Å². The fraction of sp³-hybridized carbons (Fsp3) is 0.400. The van der Waals surface area contributed by atoms with Crippen LogP contribution in [0.15, 0.2) is 36.4 Å². The highest BCUT2D eigenvalue weighted by Crippen LogP contribution is 2.30. The van der Waals surface area contributed by atoms with Crippen molar-refractivity contribution in [3.05, 3.63) is 58.4 Å². The first kappa shape index (κ1) is 17.7. The van der Waals surface area contributed by atoms with Crippen LogP contribution in [-0.4, -0.2) is 23.7 Å². The van der Waals surface area contributed by atoms with Crippen molar-refractivity contribution in [3.8, 4) is 5.75 Å². The van der Waals surface area contributed by atoms with E-state index < -0.39 is 5.97 Å². The maximum absolute atomic E-state index is 11.9. The molecule has 0 unspecified atom stereocenters. The molecule has 0 radical (unpaired) electrons. The van der Waals surface area contributed by atoms with Gasteiger partial charge in [-0.1, -0.05) is 17.7 Å². The summed E-state index contributed by atoms with van der Waals surface area (Å²) in [7, 11) is 0. The van der Waals surface area contributed by atoms with Crippen molar-refractivity contribution in [1.29, 1.82) is 0 Å². The van der Waals surface area contributed by atoms with Crippen LogP contribution >= 0.6 is 11.6 Å². The standard InChI is InChI=1S/C20H22ClNO3/c1-2-24-20(23)18-9-5-6-16(22-18)13-14-12-15(21)10-11-19(14)25-17-7-3-4-8-17/h5-6,9-12,17H,2-4,7-8,13H2,1H3. The predicted molar refractivity (Wildman–Crippen MR) is 97.3 cm³/mol. The predicted octanol–water partition coefficient (Wildman–Crippen LogP) is 4.82. The molecule has 1 heterocycles. The van der Waals surface area contributed by atoms with E-state index in [1.54, 1.807) is 13.0 Å². The number of aromatic nitrogens is 1. The summed E-state index contributed by atoms with van der Waals surface area (Å²) in [6.45, 7) is 2.11. The number of carbonyl (C=O) groups is 1. The van der Waals surface area contributed by atoms with Crippen molar-refractivity contribution in [2.75, 3.05) is 6.61 Å². The zero-order valence-corrected chi connectivity index (χ0v) is 15.1. The highest BCUT2D eigenvalue weighted by Gasteiger charge is 2.18. The Hall–Kier alpha value is -2.07. The summed E-state index contributed by atoms with van der Waals surface area (Å²) in [6.07, 6.45) is 5.46. The first-order valence-electron chi connectivity index (χ1n) is 8.74. The lowest BCUT2D eigenvalue weighted by atomic mass is 10.1. The van der Waals surface area contributed by atoms with E-state index in [1.165, 1.54) is 12.8 Å². The molecule has 1 aliphatic rings. The molecule has 5 heteroatoms. The van der Waals surface area contributed by atoms with Gasteiger partial charge in [-0.3, -0.25) is 0 Å². The maximum Gasteiger partial charge on any atom is 0.356 e. The molecule has 2 aromatic rings. The Morgan fingerprint density at radius 1 is 1.24 bits per heavy atom. The molecule has 1 aromatic heterocycles. The number of nitrogens with zero attached hydrogens (tertiary/aromatic N) is 1. The van der Waals surface area contributed by atoms with Crippen molar-refractivity contribution in [2.24, 2.45) is 0 Å². The van der Waals surface area contributed by atoms with Gasteiger partial charge in [0.1, 0.15) is 11.4 Å². The van der Waals surface area contributed by atoms with Gasteiger partial charge in [0.25, 0.3) is 0 Å². The highest BCUT2D eigenvalue weighted by molar-refractivity contribution is 6.30. The van der Waals surface area contributed by atoms with Crippen LogP contribution in [0.4, 0.5) is 0 Å². The summed E-state index contributed by atoms with van der Waals surface area (Å²) in [6, 6.07) is 11.0. The van der Waals surface area contributed by atoms with Gasteiger partial charge < -0.3 is 9.47 Å². The topological polar surface area (TPSA) is 48.4 Å². The molecule has 0 bridgehead atoms. The van der Waals surface area contributed by atoms with E-state index in [9.17, 15) is 4.79 Å². The number of benzene rings is 1. The average Bonchev–Trinajstić information content (AvgIpc) is 3.11. The molecule has 0 saturated heterocycles. The summed E-state index contributed by atoms with van der Waals surface area (Å²) in [5.74, 6) is 0.442. The number of esters is 1. The van der Waals surface area contributed by atoms with Gasteiger partial charge in [-0.05, 0) is 62.9 Å². The molecule has 1 fully saturated rings. The second-order valence-electron chi connectivity index (χ2n) is 6.19. The van der Waals surface area contributed by atoms with Crippen LogP contribution in [0.25, 0.3) is 0 Å². The lowest BCUT2D eigenvalue weighted by Gasteiger charge is -2.17. The van der Waals surface area contributed by atoms with Crippen molar-refractivity contribution in [1.82, 2.24) is 4.98 Å². The summed E-state index contributed by atoms with van der Waals surface area (Å²) >= 11 is 6.17. The Labute approximate surface area is 153 Å². The molecular weight excluding hydrogens is 338 g/mol. The van der Waals surface area contributed by atoms with Crippen LogP contribution in [0, 0.1) is 0 Å². The number of hydrogen-bond donors (Lipinski definition) is 0. The van der Waals surface area contributed by atoms with Crippen molar-refractivity contribution in [2.45, 2.75) is 45.1 Å². The lowest BCUT2D eigenvalue weighted by Crippen LogP contribution is -2.13. The van der Waals surface area contributed by atoms with Gasteiger partial charge in [0.05, 0.1) is 12.7 Å². The third-order valence-corrected chi connectivity index (χ3v) is 4.52. The van der Waals surface area contributed by atoms with Crippen LogP contribution in [0.3, 0.4) is 0 Å². The summed E-state index contributed by atoms with van der Waals surface area (Å²) in [5, 5.41) is 0.662. The van der Waals surface area contributed by atoms with E-state index in [4.69, 9.17) is 21.1 Å². The largest absolute Gasteiger partial charge is 0.490 e. The van der Waals surface area contributed by atoms with Gasteiger partial charge in [-0.2, -0.15) is 0 Å². The second-order valence-corrected chi connectivity index (χ2v) is 6.62. The molecule has 0 N–H and O–H groups in total. The molecule has 3 rings (SSSR count). The third kappa shape index (κ3) is 4.73. The molecule has 1 saturated carbocycles. The lowest BCUT2D eigenvalue weighted by molar-refractivity contribution is 0.0519. The fourth-order valence-corrected chi connectivity index (χ4v) is 3.27. The minimum Gasteiger partial charge on any atom is -0.490 e. The van der Waals surface area contributed by atoms with Crippen molar-refractivity contribution < 1.29 is 14.3 Å². The molecule has 1 aromatic carbocycles. The van der Waals surface area contributed by atoms with Crippen molar-refractivity contribution in [3.63, 3.8) is 0 Å². The molecule has 0 aliphatic heterocycles. The Balaban J connectivity index is 1.80. The van der Waals surface area contributed by atoms with Gasteiger partial charge in [0, 0.05) is 22.7 Å². The van der Waals surface area contributed by atoms with E-state index in [0.717, 1.165) is 29.8 Å². The minimum absolute atomic E-state index is 0.277. The van der Waals surface area contributed by atoms with Crippen LogP contribution in [-0.2, 0) is 11.2 Å². The quantitative estimate of drug-likeness (QED) is 0.693. The second kappa shape index (κ2) is 8.34. The SMILES string of the molecule is CCOC(=O)c1cccc(Cc2cc(Cl)ccc2OC2CCCC2)n1. The zero-order chi connectivity index (χ0) is 17.6. The van der Waals surface area contributed by atoms with Crippen LogP contribution < -0.4 is 4.74 Å². The fourth-order valence-electron chi connectivity index (χ4n) is 3.08. The van der Waals surface area contributed by atoms with E-state index in [-0.39, 0.29) is 6.10 Å². The molecule has 132 valence electrons. The Kier molecular flexibility index (Phi) is 5.92. The molecular formula is C20H22ClNO3. The zero-order valence-electron chi connectivity index (χ0n) is 14.3. The molecule has 0 atom stereocenters. The monoisotopic (exact) mass is 359 g/mol. The van der Waals surface area contributed by atoms with Crippen LogP contribution in [0.2, 0.25) is 5.02 Å². The Morgan fingerprint density at radius 2 is 2.04 bits per heavy atom. The third-order valence-electron chi connectivity index (χ3n) is 4.28. The number of ether oxygens (including phenoxy) is 2. The van der Waals surface area contributed by atoms with E-state index in [1.807, 2.05) is 30.3 Å². The molecule has 1 aliphatic carbocycles. The highest BCUT2D eigenvalue weighted by atomic mass is 35.5. The normalized spacial score (nSPS) is 14.5. The number of carbonyl (C=O) groups excluding carboxylic acids is 1. The maximum atomic E-state index is 11.9. The molecule has 25 heavy (non-hydrogen) atoms. The number of halogens is 1. The van der Waals surface area contributed by atoms with Gasteiger partial charge >= 0.3 is 5.97 Å². The molecule has 0 amide bonds. The van der Waals surface area contributed by atoms with Gasteiger partial charge in [0.2, 0.25) is 0 Å². The van der Waals surface area contributed by atoms with E-state index in [0.29, 0.717) is 23.7 Å².